The lowest BCUT2D eigenvalue weighted by molar-refractivity contribution is 0.602. The summed E-state index contributed by atoms with van der Waals surface area (Å²) in [7, 11) is -3.96. The molecule has 2 aromatic heterocycles. The van der Waals surface area contributed by atoms with Gasteiger partial charge in [0.15, 0.2) is 0 Å². The number of aromatic nitrogens is 2. The Morgan fingerprint density at radius 2 is 1.83 bits per heavy atom. The van der Waals surface area contributed by atoms with Crippen LogP contribution in [0.3, 0.4) is 0 Å². The van der Waals surface area contributed by atoms with Crippen LogP contribution in [-0.4, -0.2) is 18.4 Å². The molecule has 0 aliphatic heterocycles. The van der Waals surface area contributed by atoms with Gasteiger partial charge < -0.3 is 0 Å². The SMILES string of the molecule is Cc1ccc2cc(Cl)cc(S(=O)(=O)Nc3ccccc3C#Cc3cccnc3)c2n1. The van der Waals surface area contributed by atoms with Crippen molar-refractivity contribution >= 4 is 38.2 Å². The number of pyridine rings is 2. The van der Waals surface area contributed by atoms with Gasteiger partial charge in [-0.1, -0.05) is 41.6 Å². The summed E-state index contributed by atoms with van der Waals surface area (Å²) in [5, 5.41) is 0.969. The zero-order valence-corrected chi connectivity index (χ0v) is 17.5. The number of anilines is 1. The third-order valence-electron chi connectivity index (χ3n) is 4.33. The van der Waals surface area contributed by atoms with Crippen molar-refractivity contribution in [1.29, 1.82) is 0 Å². The van der Waals surface area contributed by atoms with Gasteiger partial charge in [0, 0.05) is 39.6 Å². The molecule has 148 valence electrons. The number of hydrogen-bond donors (Lipinski definition) is 1. The molecule has 0 amide bonds. The van der Waals surface area contributed by atoms with Crippen LogP contribution >= 0.6 is 11.6 Å². The Morgan fingerprint density at radius 3 is 2.63 bits per heavy atom. The van der Waals surface area contributed by atoms with Gasteiger partial charge in [0.25, 0.3) is 10.0 Å². The van der Waals surface area contributed by atoms with Gasteiger partial charge in [-0.25, -0.2) is 8.42 Å². The summed E-state index contributed by atoms with van der Waals surface area (Å²) in [5.41, 5.74) is 2.72. The monoisotopic (exact) mass is 433 g/mol. The number of halogens is 1. The first-order chi connectivity index (χ1) is 14.4. The smallest absolute Gasteiger partial charge is 0.264 e. The molecule has 1 N–H and O–H groups in total. The van der Waals surface area contributed by atoms with Gasteiger partial charge in [-0.2, -0.15) is 0 Å². The third kappa shape index (κ3) is 4.28. The van der Waals surface area contributed by atoms with Crippen molar-refractivity contribution in [1.82, 2.24) is 9.97 Å². The molecule has 2 aromatic carbocycles. The molecular weight excluding hydrogens is 418 g/mol. The Kier molecular flexibility index (Phi) is 5.40. The highest BCUT2D eigenvalue weighted by Gasteiger charge is 2.21. The molecule has 0 aliphatic carbocycles. The lowest BCUT2D eigenvalue weighted by atomic mass is 10.2. The first kappa shape index (κ1) is 19.9. The van der Waals surface area contributed by atoms with Crippen LogP contribution in [0.2, 0.25) is 5.02 Å². The van der Waals surface area contributed by atoms with Crippen molar-refractivity contribution in [2.75, 3.05) is 4.72 Å². The average Bonchev–Trinajstić information content (AvgIpc) is 2.73. The van der Waals surface area contributed by atoms with Crippen LogP contribution in [0.5, 0.6) is 0 Å². The van der Waals surface area contributed by atoms with E-state index in [4.69, 9.17) is 11.6 Å². The molecule has 2 heterocycles. The van der Waals surface area contributed by atoms with Crippen LogP contribution in [0.15, 0.2) is 78.0 Å². The first-order valence-electron chi connectivity index (χ1n) is 9.03. The number of aryl methyl sites for hydroxylation is 1. The topological polar surface area (TPSA) is 72.0 Å². The van der Waals surface area contributed by atoms with Gasteiger partial charge in [-0.15, -0.1) is 0 Å². The minimum absolute atomic E-state index is 0.0173. The van der Waals surface area contributed by atoms with Gasteiger partial charge in [-0.3, -0.25) is 14.7 Å². The first-order valence-corrected chi connectivity index (χ1v) is 10.9. The normalized spacial score (nSPS) is 11.0. The molecule has 0 unspecified atom stereocenters. The van der Waals surface area contributed by atoms with Gasteiger partial charge >= 0.3 is 0 Å². The number of fused-ring (bicyclic) bond motifs is 1. The standard InChI is InChI=1S/C23H16ClN3O2S/c1-16-8-10-19-13-20(24)14-22(23(19)26-16)30(28,29)27-21-7-3-2-6-18(21)11-9-17-5-4-12-25-15-17/h2-8,10,12-15,27H,1H3. The summed E-state index contributed by atoms with van der Waals surface area (Å²) in [6, 6.07) is 17.3. The van der Waals surface area contributed by atoms with Crippen LogP contribution in [0.1, 0.15) is 16.8 Å². The van der Waals surface area contributed by atoms with Crippen molar-refractivity contribution in [2.24, 2.45) is 0 Å². The molecular formula is C23H16ClN3O2S. The van der Waals surface area contributed by atoms with E-state index in [1.54, 1.807) is 61.8 Å². The highest BCUT2D eigenvalue weighted by atomic mass is 35.5. The van der Waals surface area contributed by atoms with E-state index >= 15 is 0 Å². The van der Waals surface area contributed by atoms with Crippen LogP contribution < -0.4 is 4.72 Å². The number of nitrogens with one attached hydrogen (secondary N) is 1. The van der Waals surface area contributed by atoms with Crippen LogP contribution in [0, 0.1) is 18.8 Å². The van der Waals surface area contributed by atoms with Crippen molar-refractivity contribution in [3.63, 3.8) is 0 Å². The second-order valence-corrected chi connectivity index (χ2v) is 8.66. The number of benzene rings is 2. The maximum atomic E-state index is 13.2. The van der Waals surface area contributed by atoms with Crippen molar-refractivity contribution in [3.8, 4) is 11.8 Å². The number of sulfonamides is 1. The molecule has 0 saturated heterocycles. The molecule has 7 heteroatoms. The van der Waals surface area contributed by atoms with E-state index < -0.39 is 10.0 Å². The predicted molar refractivity (Wildman–Crippen MR) is 119 cm³/mol. The Morgan fingerprint density at radius 1 is 1.00 bits per heavy atom. The molecule has 0 fully saturated rings. The highest BCUT2D eigenvalue weighted by Crippen LogP contribution is 2.28. The highest BCUT2D eigenvalue weighted by molar-refractivity contribution is 7.93. The molecule has 5 nitrogen and oxygen atoms in total. The number of rotatable bonds is 3. The zero-order chi connectivity index (χ0) is 21.1. The summed E-state index contributed by atoms with van der Waals surface area (Å²) in [5.74, 6) is 5.99. The number of nitrogens with zero attached hydrogens (tertiary/aromatic N) is 2. The van der Waals surface area contributed by atoms with Gasteiger partial charge in [0.1, 0.15) is 4.90 Å². The minimum atomic E-state index is -3.96. The quantitative estimate of drug-likeness (QED) is 0.471. The lowest BCUT2D eigenvalue weighted by Crippen LogP contribution is -2.15. The van der Waals surface area contributed by atoms with Crippen molar-refractivity contribution < 1.29 is 8.42 Å². The molecule has 0 radical (unpaired) electrons. The second kappa shape index (κ2) is 8.15. The van der Waals surface area contributed by atoms with Crippen molar-refractivity contribution in [2.45, 2.75) is 11.8 Å². The van der Waals surface area contributed by atoms with Gasteiger partial charge in [0.2, 0.25) is 0 Å². The average molecular weight is 434 g/mol. The Bertz CT molecular complexity index is 1410. The Balaban J connectivity index is 1.77. The maximum Gasteiger partial charge on any atom is 0.264 e. The minimum Gasteiger partial charge on any atom is -0.278 e. The van der Waals surface area contributed by atoms with Gasteiger partial charge in [0.05, 0.1) is 11.2 Å². The fourth-order valence-corrected chi connectivity index (χ4v) is 4.50. The Labute approximate surface area is 179 Å². The second-order valence-electron chi connectivity index (χ2n) is 6.57. The lowest BCUT2D eigenvalue weighted by Gasteiger charge is -2.12. The summed E-state index contributed by atoms with van der Waals surface area (Å²) in [6.45, 7) is 1.81. The molecule has 4 aromatic rings. The summed E-state index contributed by atoms with van der Waals surface area (Å²) < 4.78 is 29.1. The largest absolute Gasteiger partial charge is 0.278 e. The maximum absolute atomic E-state index is 13.2. The van der Waals surface area contributed by atoms with E-state index in [9.17, 15) is 8.42 Å². The summed E-state index contributed by atoms with van der Waals surface area (Å²) in [4.78, 5) is 8.46. The van der Waals surface area contributed by atoms with Crippen LogP contribution in [-0.2, 0) is 10.0 Å². The summed E-state index contributed by atoms with van der Waals surface area (Å²) >= 11 is 6.17. The number of hydrogen-bond acceptors (Lipinski definition) is 4. The summed E-state index contributed by atoms with van der Waals surface area (Å²) in [6.07, 6.45) is 3.31. The molecule has 0 saturated carbocycles. The van der Waals surface area contributed by atoms with Crippen LogP contribution in [0.4, 0.5) is 5.69 Å². The molecule has 30 heavy (non-hydrogen) atoms. The van der Waals surface area contributed by atoms with E-state index in [0.717, 1.165) is 5.56 Å². The van der Waals surface area contributed by atoms with E-state index in [0.29, 0.717) is 32.9 Å². The van der Waals surface area contributed by atoms with E-state index in [1.807, 2.05) is 12.1 Å². The molecule has 0 aliphatic rings. The van der Waals surface area contributed by atoms with E-state index in [-0.39, 0.29) is 4.90 Å². The zero-order valence-electron chi connectivity index (χ0n) is 15.9. The Hall–Kier alpha value is -3.40. The van der Waals surface area contributed by atoms with Gasteiger partial charge in [-0.05, 0) is 49.4 Å². The van der Waals surface area contributed by atoms with E-state index in [2.05, 4.69) is 26.5 Å². The molecule has 0 spiro atoms. The third-order valence-corrected chi connectivity index (χ3v) is 5.92. The number of para-hydroxylation sites is 1. The molecule has 0 atom stereocenters. The molecule has 0 bridgehead atoms. The fourth-order valence-electron chi connectivity index (χ4n) is 2.93. The molecule has 4 rings (SSSR count). The predicted octanol–water partition coefficient (Wildman–Crippen LogP) is 4.79. The van der Waals surface area contributed by atoms with E-state index in [1.165, 1.54) is 6.07 Å². The van der Waals surface area contributed by atoms with Crippen LogP contribution in [0.25, 0.3) is 10.9 Å². The van der Waals surface area contributed by atoms with Crippen molar-refractivity contribution in [3.05, 3.63) is 94.9 Å². The fraction of sp³-hybridized carbons (Fsp3) is 0.0435.